The maximum absolute atomic E-state index is 11.1. The summed E-state index contributed by atoms with van der Waals surface area (Å²) in [5.41, 5.74) is 0. The molecule has 0 aromatic heterocycles. The summed E-state index contributed by atoms with van der Waals surface area (Å²) in [4.78, 5) is 11.1. The third kappa shape index (κ3) is 7.12. The van der Waals surface area contributed by atoms with Crippen LogP contribution in [0.25, 0.3) is 0 Å². The number of benzene rings is 1. The van der Waals surface area contributed by atoms with Gasteiger partial charge >= 0.3 is 5.97 Å². The zero-order valence-electron chi connectivity index (χ0n) is 11.5. The van der Waals surface area contributed by atoms with E-state index in [0.29, 0.717) is 24.7 Å². The molecule has 0 aliphatic rings. The Balaban J connectivity index is 2.06. The van der Waals surface area contributed by atoms with Gasteiger partial charge in [0.2, 0.25) is 0 Å². The van der Waals surface area contributed by atoms with E-state index in [1.807, 2.05) is 13.0 Å². The monoisotopic (exact) mass is 363 g/mol. The Morgan fingerprint density at radius 3 is 2.90 bits per heavy atom. The zero-order chi connectivity index (χ0) is 14.8. The number of rotatable bonds is 9. The first-order chi connectivity index (χ1) is 9.63. The molecule has 4 nitrogen and oxygen atoms in total. The first-order valence-corrected chi connectivity index (χ1v) is 7.74. The summed E-state index contributed by atoms with van der Waals surface area (Å²) in [7, 11) is 0. The van der Waals surface area contributed by atoms with E-state index >= 15 is 0 Å². The van der Waals surface area contributed by atoms with Gasteiger partial charge in [0.25, 0.3) is 0 Å². The van der Waals surface area contributed by atoms with E-state index in [1.54, 1.807) is 12.1 Å². The van der Waals surface area contributed by atoms with Crippen LogP contribution in [-0.4, -0.2) is 32.3 Å². The van der Waals surface area contributed by atoms with Crippen molar-refractivity contribution in [2.24, 2.45) is 0 Å². The number of hydrogen-bond acceptors (Lipinski definition) is 4. The maximum Gasteiger partial charge on any atom is 0.305 e. The van der Waals surface area contributed by atoms with E-state index in [1.165, 1.54) is 0 Å². The van der Waals surface area contributed by atoms with Gasteiger partial charge in [0, 0.05) is 18.0 Å². The number of hydrogen-bond donors (Lipinski definition) is 1. The predicted octanol–water partition coefficient (Wildman–Crippen LogP) is 3.41. The number of halogens is 2. The van der Waals surface area contributed by atoms with Crippen molar-refractivity contribution >= 4 is 33.5 Å². The van der Waals surface area contributed by atoms with Gasteiger partial charge in [-0.2, -0.15) is 0 Å². The molecule has 6 heteroatoms. The highest BCUT2D eigenvalue weighted by atomic mass is 79.9. The van der Waals surface area contributed by atoms with Gasteiger partial charge in [0.1, 0.15) is 12.4 Å². The third-order valence-electron chi connectivity index (χ3n) is 2.47. The van der Waals surface area contributed by atoms with Crippen LogP contribution >= 0.6 is 27.5 Å². The predicted molar refractivity (Wildman–Crippen MR) is 83.4 cm³/mol. The molecule has 1 aromatic carbocycles. The molecule has 0 aliphatic heterocycles. The van der Waals surface area contributed by atoms with Crippen LogP contribution in [0.1, 0.15) is 19.8 Å². The summed E-state index contributed by atoms with van der Waals surface area (Å²) in [5.74, 6) is 0.623. The Labute approximate surface area is 132 Å². The van der Waals surface area contributed by atoms with Crippen LogP contribution < -0.4 is 10.1 Å². The lowest BCUT2D eigenvalue weighted by Crippen LogP contribution is -2.22. The van der Waals surface area contributed by atoms with Gasteiger partial charge in [-0.25, -0.2) is 0 Å². The number of esters is 1. The Hall–Kier alpha value is -0.780. The molecule has 0 aliphatic carbocycles. The zero-order valence-corrected chi connectivity index (χ0v) is 13.8. The van der Waals surface area contributed by atoms with Gasteiger partial charge in [-0.05, 0) is 54.0 Å². The lowest BCUT2D eigenvalue weighted by Gasteiger charge is -2.09. The minimum Gasteiger partial charge on any atom is -0.491 e. The Bertz CT molecular complexity index is 429. The summed E-state index contributed by atoms with van der Waals surface area (Å²) < 4.78 is 11.3. The number of carbonyl (C=O) groups excluding carboxylic acids is 1. The van der Waals surface area contributed by atoms with Gasteiger partial charge in [-0.3, -0.25) is 4.79 Å². The van der Waals surface area contributed by atoms with Crippen LogP contribution in [0.5, 0.6) is 5.75 Å². The molecular formula is C14H19BrClNO3. The average molecular weight is 365 g/mol. The van der Waals surface area contributed by atoms with Crippen LogP contribution in [0.3, 0.4) is 0 Å². The molecule has 0 fully saturated rings. The number of carbonyl (C=O) groups is 1. The smallest absolute Gasteiger partial charge is 0.305 e. The van der Waals surface area contributed by atoms with Crippen molar-refractivity contribution in [3.63, 3.8) is 0 Å². The minimum absolute atomic E-state index is 0.143. The molecule has 112 valence electrons. The standard InChI is InChI=1S/C14H19BrClNO3/c1-2-19-14(18)4-3-7-17-8-9-20-13-6-5-11(16)10-12(13)15/h5-6,10,17H,2-4,7-9H2,1H3. The average Bonchev–Trinajstić information content (AvgIpc) is 2.40. The Kier molecular flexibility index (Phi) is 8.65. The van der Waals surface area contributed by atoms with Crippen LogP contribution in [0.4, 0.5) is 0 Å². The molecule has 0 spiro atoms. The summed E-state index contributed by atoms with van der Waals surface area (Å²) in [6.07, 6.45) is 1.22. The Morgan fingerprint density at radius 1 is 1.40 bits per heavy atom. The van der Waals surface area contributed by atoms with Crippen LogP contribution in [-0.2, 0) is 9.53 Å². The van der Waals surface area contributed by atoms with Crippen LogP contribution in [0.15, 0.2) is 22.7 Å². The van der Waals surface area contributed by atoms with E-state index in [-0.39, 0.29) is 5.97 Å². The largest absolute Gasteiger partial charge is 0.491 e. The highest BCUT2D eigenvalue weighted by molar-refractivity contribution is 9.10. The first-order valence-electron chi connectivity index (χ1n) is 6.57. The van der Waals surface area contributed by atoms with Crippen LogP contribution in [0.2, 0.25) is 5.02 Å². The third-order valence-corrected chi connectivity index (χ3v) is 3.32. The molecule has 0 amide bonds. The van der Waals surface area contributed by atoms with Crippen molar-refractivity contribution in [3.8, 4) is 5.75 Å². The molecule has 0 saturated carbocycles. The Morgan fingerprint density at radius 2 is 2.20 bits per heavy atom. The van der Waals surface area contributed by atoms with Crippen molar-refractivity contribution in [3.05, 3.63) is 27.7 Å². The quantitative estimate of drug-likeness (QED) is 0.539. The number of nitrogens with one attached hydrogen (secondary N) is 1. The highest BCUT2D eigenvalue weighted by Gasteiger charge is 2.02. The van der Waals surface area contributed by atoms with Crippen molar-refractivity contribution in [1.29, 1.82) is 0 Å². The van der Waals surface area contributed by atoms with Crippen molar-refractivity contribution in [2.45, 2.75) is 19.8 Å². The van der Waals surface area contributed by atoms with Gasteiger partial charge in [-0.15, -0.1) is 0 Å². The molecule has 20 heavy (non-hydrogen) atoms. The first kappa shape index (κ1) is 17.3. The molecule has 0 atom stereocenters. The second-order valence-electron chi connectivity index (χ2n) is 4.08. The molecule has 0 radical (unpaired) electrons. The second-order valence-corrected chi connectivity index (χ2v) is 5.37. The van der Waals surface area contributed by atoms with Crippen molar-refractivity contribution < 1.29 is 14.3 Å². The van der Waals surface area contributed by atoms with E-state index in [9.17, 15) is 4.79 Å². The molecule has 1 rings (SSSR count). The summed E-state index contributed by atoms with van der Waals surface area (Å²) in [6, 6.07) is 5.41. The molecule has 1 aromatic rings. The molecule has 0 heterocycles. The fraction of sp³-hybridized carbons (Fsp3) is 0.500. The second kappa shape index (κ2) is 10.0. The summed E-state index contributed by atoms with van der Waals surface area (Å²) in [5, 5.41) is 3.88. The fourth-order valence-electron chi connectivity index (χ4n) is 1.54. The molecular weight excluding hydrogens is 346 g/mol. The van der Waals surface area contributed by atoms with Gasteiger partial charge in [-0.1, -0.05) is 11.6 Å². The van der Waals surface area contributed by atoms with Crippen LogP contribution in [0, 0.1) is 0 Å². The van der Waals surface area contributed by atoms with Gasteiger partial charge in [0.05, 0.1) is 11.1 Å². The van der Waals surface area contributed by atoms with Gasteiger partial charge in [0.15, 0.2) is 0 Å². The van der Waals surface area contributed by atoms with E-state index in [0.717, 1.165) is 29.7 Å². The molecule has 0 bridgehead atoms. The van der Waals surface area contributed by atoms with E-state index < -0.39 is 0 Å². The SMILES string of the molecule is CCOC(=O)CCCNCCOc1ccc(Cl)cc1Br. The van der Waals surface area contributed by atoms with E-state index in [4.69, 9.17) is 21.1 Å². The summed E-state index contributed by atoms with van der Waals surface area (Å²) >= 11 is 9.24. The maximum atomic E-state index is 11.1. The lowest BCUT2D eigenvalue weighted by molar-refractivity contribution is -0.143. The minimum atomic E-state index is -0.143. The highest BCUT2D eigenvalue weighted by Crippen LogP contribution is 2.27. The topological polar surface area (TPSA) is 47.6 Å². The number of ether oxygens (including phenoxy) is 2. The van der Waals surface area contributed by atoms with Gasteiger partial charge < -0.3 is 14.8 Å². The van der Waals surface area contributed by atoms with Crippen molar-refractivity contribution in [1.82, 2.24) is 5.32 Å². The van der Waals surface area contributed by atoms with E-state index in [2.05, 4.69) is 21.2 Å². The lowest BCUT2D eigenvalue weighted by atomic mass is 10.3. The summed E-state index contributed by atoms with van der Waals surface area (Å²) in [6.45, 7) is 4.29. The molecule has 0 saturated heterocycles. The molecule has 1 N–H and O–H groups in total. The molecule has 0 unspecified atom stereocenters. The normalized spacial score (nSPS) is 10.3. The van der Waals surface area contributed by atoms with Crippen molar-refractivity contribution in [2.75, 3.05) is 26.3 Å². The fourth-order valence-corrected chi connectivity index (χ4v) is 2.34.